The highest BCUT2D eigenvalue weighted by atomic mass is 35.5. The highest BCUT2D eigenvalue weighted by Gasteiger charge is 2.25. The van der Waals surface area contributed by atoms with Crippen LogP contribution in [0.5, 0.6) is 0 Å². The van der Waals surface area contributed by atoms with Crippen molar-refractivity contribution in [2.45, 2.75) is 31.9 Å². The second-order valence-electron chi connectivity index (χ2n) is 7.19. The zero-order chi connectivity index (χ0) is 18.6. The summed E-state index contributed by atoms with van der Waals surface area (Å²) < 4.78 is 7.76. The number of nitrogens with zero attached hydrogens (tertiary/aromatic N) is 4. The van der Waals surface area contributed by atoms with Crippen molar-refractivity contribution in [2.75, 3.05) is 37.7 Å². The third kappa shape index (κ3) is 4.28. The zero-order valence-electron chi connectivity index (χ0n) is 15.4. The molecule has 2 aromatic rings. The molecule has 0 radical (unpaired) electrons. The van der Waals surface area contributed by atoms with Crippen LogP contribution in [0.25, 0.3) is 0 Å². The number of amides is 1. The summed E-state index contributed by atoms with van der Waals surface area (Å²) in [5, 5.41) is 4.89. The van der Waals surface area contributed by atoms with Crippen molar-refractivity contribution >= 4 is 23.2 Å². The van der Waals surface area contributed by atoms with E-state index in [2.05, 4.69) is 10.00 Å². The van der Waals surface area contributed by atoms with Crippen LogP contribution in [0, 0.1) is 0 Å². The number of ether oxygens (including phenoxy) is 1. The van der Waals surface area contributed by atoms with E-state index in [1.807, 2.05) is 40.0 Å². The monoisotopic (exact) mass is 388 g/mol. The third-order valence-electron chi connectivity index (χ3n) is 5.23. The van der Waals surface area contributed by atoms with E-state index in [1.54, 1.807) is 6.20 Å². The molecule has 2 saturated heterocycles. The van der Waals surface area contributed by atoms with Crippen molar-refractivity contribution in [1.82, 2.24) is 14.7 Å². The van der Waals surface area contributed by atoms with Gasteiger partial charge in [0.25, 0.3) is 5.91 Å². The summed E-state index contributed by atoms with van der Waals surface area (Å²) in [6.45, 7) is 4.62. The van der Waals surface area contributed by atoms with Gasteiger partial charge < -0.3 is 14.5 Å². The van der Waals surface area contributed by atoms with Gasteiger partial charge in [0.05, 0.1) is 23.4 Å². The maximum atomic E-state index is 13.1. The van der Waals surface area contributed by atoms with Crippen LogP contribution in [-0.4, -0.2) is 59.5 Å². The Morgan fingerprint density at radius 2 is 2.07 bits per heavy atom. The molecule has 0 saturated carbocycles. The van der Waals surface area contributed by atoms with Gasteiger partial charge in [0, 0.05) is 50.7 Å². The van der Waals surface area contributed by atoms with Gasteiger partial charge in [-0.25, -0.2) is 0 Å². The molecule has 0 bridgehead atoms. The van der Waals surface area contributed by atoms with E-state index < -0.39 is 0 Å². The quantitative estimate of drug-likeness (QED) is 0.807. The Labute approximate surface area is 164 Å². The van der Waals surface area contributed by atoms with Crippen LogP contribution >= 0.6 is 11.6 Å². The normalized spacial score (nSPS) is 20.7. The largest absolute Gasteiger partial charge is 0.374 e. The molecule has 144 valence electrons. The van der Waals surface area contributed by atoms with Crippen molar-refractivity contribution in [3.63, 3.8) is 0 Å². The minimum absolute atomic E-state index is 0.0147. The number of anilines is 1. The fourth-order valence-corrected chi connectivity index (χ4v) is 4.14. The molecule has 1 atom stereocenters. The molecule has 1 aromatic heterocycles. The minimum atomic E-state index is -0.0595. The van der Waals surface area contributed by atoms with Crippen molar-refractivity contribution in [1.29, 1.82) is 0 Å². The Bertz CT molecular complexity index is 774. The van der Waals surface area contributed by atoms with Gasteiger partial charge in [-0.05, 0) is 43.5 Å². The molecular weight excluding hydrogens is 364 g/mol. The second-order valence-corrected chi connectivity index (χ2v) is 7.59. The molecule has 1 amide bonds. The smallest absolute Gasteiger partial charge is 0.253 e. The molecule has 0 spiro atoms. The van der Waals surface area contributed by atoms with E-state index in [1.165, 1.54) is 12.8 Å². The molecule has 0 unspecified atom stereocenters. The van der Waals surface area contributed by atoms with Crippen molar-refractivity contribution in [3.05, 3.63) is 47.2 Å². The Morgan fingerprint density at radius 3 is 2.81 bits per heavy atom. The van der Waals surface area contributed by atoms with Crippen LogP contribution in [-0.2, 0) is 11.3 Å². The maximum Gasteiger partial charge on any atom is 0.253 e. The first-order valence-corrected chi connectivity index (χ1v) is 10.0. The molecule has 0 aliphatic carbocycles. The molecule has 2 aliphatic heterocycles. The Kier molecular flexibility index (Phi) is 5.64. The second kappa shape index (κ2) is 8.31. The van der Waals surface area contributed by atoms with Gasteiger partial charge in [-0.3, -0.25) is 9.48 Å². The SMILES string of the molecule is O=C(c1ccc(N2CCCC2)c(Cl)c1)N1CCCO[C@@H](Cn2cccn2)C1. The molecule has 3 heterocycles. The average Bonchev–Trinajstić information content (AvgIpc) is 3.33. The number of carbonyl (C=O) groups excluding carboxylic acids is 1. The topological polar surface area (TPSA) is 50.6 Å². The van der Waals surface area contributed by atoms with Gasteiger partial charge in [0.2, 0.25) is 0 Å². The molecule has 2 aliphatic rings. The van der Waals surface area contributed by atoms with Crippen molar-refractivity contribution in [3.8, 4) is 0 Å². The minimum Gasteiger partial charge on any atom is -0.374 e. The summed E-state index contributed by atoms with van der Waals surface area (Å²) in [6, 6.07) is 7.59. The number of rotatable bonds is 4. The van der Waals surface area contributed by atoms with E-state index in [4.69, 9.17) is 16.3 Å². The average molecular weight is 389 g/mol. The molecule has 4 rings (SSSR count). The molecule has 27 heavy (non-hydrogen) atoms. The van der Waals surface area contributed by atoms with E-state index in [0.29, 0.717) is 36.8 Å². The molecule has 6 nitrogen and oxygen atoms in total. The molecule has 0 N–H and O–H groups in total. The first-order valence-electron chi connectivity index (χ1n) is 9.63. The van der Waals surface area contributed by atoms with Gasteiger partial charge in [-0.15, -0.1) is 0 Å². The zero-order valence-corrected chi connectivity index (χ0v) is 16.1. The predicted octanol–water partition coefficient (Wildman–Crippen LogP) is 3.07. The molecule has 1 aromatic carbocycles. The fourth-order valence-electron chi connectivity index (χ4n) is 3.84. The number of aromatic nitrogens is 2. The Morgan fingerprint density at radius 1 is 1.22 bits per heavy atom. The fraction of sp³-hybridized carbons (Fsp3) is 0.500. The summed E-state index contributed by atoms with van der Waals surface area (Å²) in [7, 11) is 0. The van der Waals surface area contributed by atoms with E-state index in [0.717, 1.165) is 25.2 Å². The number of halogens is 1. The summed E-state index contributed by atoms with van der Waals surface area (Å²) >= 11 is 6.50. The van der Waals surface area contributed by atoms with Gasteiger partial charge in [-0.1, -0.05) is 11.6 Å². The van der Waals surface area contributed by atoms with Crippen molar-refractivity contribution < 1.29 is 9.53 Å². The number of hydrogen-bond donors (Lipinski definition) is 0. The summed E-state index contributed by atoms with van der Waals surface area (Å²) in [4.78, 5) is 17.2. The van der Waals surface area contributed by atoms with Crippen LogP contribution in [0.15, 0.2) is 36.7 Å². The van der Waals surface area contributed by atoms with Gasteiger partial charge in [-0.2, -0.15) is 5.10 Å². The molecule has 7 heteroatoms. The Balaban J connectivity index is 1.46. The highest BCUT2D eigenvalue weighted by Crippen LogP contribution is 2.30. The lowest BCUT2D eigenvalue weighted by Gasteiger charge is -2.25. The van der Waals surface area contributed by atoms with E-state index in [9.17, 15) is 4.79 Å². The molecular formula is C20H25ClN4O2. The lowest BCUT2D eigenvalue weighted by molar-refractivity contribution is 0.0367. The number of hydrogen-bond acceptors (Lipinski definition) is 4. The van der Waals surface area contributed by atoms with Gasteiger partial charge in [0.15, 0.2) is 0 Å². The van der Waals surface area contributed by atoms with Crippen LogP contribution in [0.2, 0.25) is 5.02 Å². The first-order chi connectivity index (χ1) is 13.2. The van der Waals surface area contributed by atoms with E-state index >= 15 is 0 Å². The lowest BCUT2D eigenvalue weighted by atomic mass is 10.1. The third-order valence-corrected chi connectivity index (χ3v) is 5.53. The van der Waals surface area contributed by atoms with Crippen LogP contribution < -0.4 is 4.90 Å². The lowest BCUT2D eigenvalue weighted by Crippen LogP contribution is -2.38. The van der Waals surface area contributed by atoms with Gasteiger partial charge >= 0.3 is 0 Å². The highest BCUT2D eigenvalue weighted by molar-refractivity contribution is 6.33. The Hall–Kier alpha value is -2.05. The first kappa shape index (κ1) is 18.3. The summed E-state index contributed by atoms with van der Waals surface area (Å²) in [6.07, 6.45) is 6.84. The molecule has 2 fully saturated rings. The van der Waals surface area contributed by atoms with Crippen LogP contribution in [0.1, 0.15) is 29.6 Å². The summed E-state index contributed by atoms with van der Waals surface area (Å²) in [5.74, 6) is 0.0147. The maximum absolute atomic E-state index is 13.1. The number of benzene rings is 1. The number of carbonyl (C=O) groups is 1. The van der Waals surface area contributed by atoms with Crippen LogP contribution in [0.3, 0.4) is 0 Å². The van der Waals surface area contributed by atoms with Gasteiger partial charge in [0.1, 0.15) is 0 Å². The van der Waals surface area contributed by atoms with Crippen LogP contribution in [0.4, 0.5) is 5.69 Å². The standard InChI is InChI=1S/C20H25ClN4O2/c21-18-13-16(5-6-19(18)23-8-1-2-9-23)20(26)24-10-4-12-27-17(14-24)15-25-11-3-7-22-25/h3,5-7,11,13,17H,1-2,4,8-10,12,14-15H2/t17-/m1/s1. The van der Waals surface area contributed by atoms with E-state index in [-0.39, 0.29) is 12.0 Å². The summed E-state index contributed by atoms with van der Waals surface area (Å²) in [5.41, 5.74) is 1.67. The predicted molar refractivity (Wildman–Crippen MR) is 105 cm³/mol. The van der Waals surface area contributed by atoms with Crippen molar-refractivity contribution in [2.24, 2.45) is 0 Å².